The van der Waals surface area contributed by atoms with E-state index in [1.807, 2.05) is 12.1 Å². The number of benzene rings is 9. The molecule has 0 amide bonds. The molecule has 0 aliphatic carbocycles. The van der Waals surface area contributed by atoms with Crippen molar-refractivity contribution in [1.82, 2.24) is 15.0 Å². The van der Waals surface area contributed by atoms with E-state index in [-0.39, 0.29) is 33.5 Å². The van der Waals surface area contributed by atoms with E-state index in [1.165, 1.54) is 6.07 Å². The number of phenols is 2. The molecule has 1 unspecified atom stereocenters. The highest BCUT2D eigenvalue weighted by atomic mass is 32.2. The van der Waals surface area contributed by atoms with Crippen LogP contribution in [0.15, 0.2) is 186 Å². The number of aromatic hydroxyl groups is 2. The number of aromatic nitrogens is 3. The van der Waals surface area contributed by atoms with Gasteiger partial charge in [0.05, 0.1) is 37.4 Å². The Morgan fingerprint density at radius 3 is 1.43 bits per heavy atom. The van der Waals surface area contributed by atoms with Crippen molar-refractivity contribution in [2.24, 2.45) is 20.5 Å². The van der Waals surface area contributed by atoms with Crippen LogP contribution in [-0.4, -0.2) is 72.8 Å². The van der Waals surface area contributed by atoms with Gasteiger partial charge in [0.25, 0.3) is 30.4 Å². The van der Waals surface area contributed by atoms with Crippen molar-refractivity contribution in [2.45, 2.75) is 19.6 Å². The van der Waals surface area contributed by atoms with Gasteiger partial charge in [-0.25, -0.2) is 4.21 Å². The van der Waals surface area contributed by atoms with E-state index < -0.39 is 107 Å². The van der Waals surface area contributed by atoms with Crippen molar-refractivity contribution in [3.8, 4) is 11.5 Å². The van der Waals surface area contributed by atoms with Crippen molar-refractivity contribution in [3.63, 3.8) is 0 Å². The molecule has 1 heterocycles. The maximum absolute atomic E-state index is 12.9. The zero-order chi connectivity index (χ0) is 54.6. The highest BCUT2D eigenvalue weighted by Crippen LogP contribution is 2.48. The molecule has 28 heteroatoms. The lowest BCUT2D eigenvalue weighted by Gasteiger charge is -2.17. The number of azo groups is 2. The molecule has 388 valence electrons. The fraction of sp³-hybridized carbons (Fsp3) is 0. The average Bonchev–Trinajstić information content (AvgIpc) is 3.36. The number of hydrogen-bond donors (Lipinski definition) is 10. The Kier molecular flexibility index (Phi) is 13.2. The Balaban J connectivity index is 1.16. The van der Waals surface area contributed by atoms with Crippen LogP contribution in [0.1, 0.15) is 0 Å². The summed E-state index contributed by atoms with van der Waals surface area (Å²) in [5.41, 5.74) is 5.04. The van der Waals surface area contributed by atoms with Gasteiger partial charge in [-0.15, -0.1) is 20.5 Å². The SMILES string of the molecule is Nc1cccc(Nc2nc(Nc3cc(S(=O)(=O)O)cc4cc(S(=O)O)c(/N=N/c5cccc6ccccc56)c(O)c34)nc(Nc3cc(S(=O)(=O)O)cc4cc(S(=O)(=O)O)c(/N=N/c5cccc6ccccc56)c(O)c34)n2)c1. The summed E-state index contributed by atoms with van der Waals surface area (Å²) in [5.74, 6) is -3.14. The summed E-state index contributed by atoms with van der Waals surface area (Å²) in [6.07, 6.45) is 0. The van der Waals surface area contributed by atoms with Gasteiger partial charge in [-0.2, -0.15) is 40.2 Å². The molecule has 9 aromatic carbocycles. The lowest BCUT2D eigenvalue weighted by atomic mass is 10.1. The molecule has 24 nitrogen and oxygen atoms in total. The molecule has 0 saturated carbocycles. The van der Waals surface area contributed by atoms with Gasteiger partial charge in [0.1, 0.15) is 16.3 Å². The van der Waals surface area contributed by atoms with Crippen LogP contribution in [0.4, 0.5) is 63.3 Å². The van der Waals surface area contributed by atoms with E-state index in [1.54, 1.807) is 91.0 Å². The number of nitrogens with one attached hydrogen (secondary N) is 3. The van der Waals surface area contributed by atoms with Crippen molar-refractivity contribution < 1.29 is 57.9 Å². The minimum absolute atomic E-state index is 0.225. The van der Waals surface area contributed by atoms with Gasteiger partial charge in [-0.05, 0) is 88.3 Å². The highest BCUT2D eigenvalue weighted by Gasteiger charge is 2.27. The third-order valence-electron chi connectivity index (χ3n) is 11.6. The van der Waals surface area contributed by atoms with Gasteiger partial charge in [0.15, 0.2) is 22.6 Å². The number of nitrogen functional groups attached to an aromatic ring is 1. The van der Waals surface area contributed by atoms with E-state index in [0.717, 1.165) is 47.2 Å². The summed E-state index contributed by atoms with van der Waals surface area (Å²) in [5, 5.41) is 50.6. The predicted octanol–water partition coefficient (Wildman–Crippen LogP) is 10.9. The summed E-state index contributed by atoms with van der Waals surface area (Å²) in [6.45, 7) is 0. The molecule has 1 aromatic heterocycles. The number of anilines is 7. The molecule has 0 bridgehead atoms. The van der Waals surface area contributed by atoms with Crippen LogP contribution < -0.4 is 21.7 Å². The Labute approximate surface area is 437 Å². The van der Waals surface area contributed by atoms with E-state index in [0.29, 0.717) is 27.8 Å². The molecule has 1 atom stereocenters. The van der Waals surface area contributed by atoms with Gasteiger partial charge < -0.3 is 36.4 Å². The fourth-order valence-electron chi connectivity index (χ4n) is 8.27. The number of hydrogen-bond acceptors (Lipinski definition) is 20. The molecule has 0 aliphatic rings. The second-order valence-corrected chi connectivity index (χ2v) is 21.8. The van der Waals surface area contributed by atoms with Gasteiger partial charge in [0, 0.05) is 32.9 Å². The smallest absolute Gasteiger partial charge is 0.296 e. The van der Waals surface area contributed by atoms with Crippen molar-refractivity contribution in [2.75, 3.05) is 21.7 Å². The van der Waals surface area contributed by atoms with E-state index in [2.05, 4.69) is 51.4 Å². The molecule has 0 radical (unpaired) electrons. The standard InChI is InChI=1S/C49H35N11O13S4/c50-29-12-7-13-30(22-29)51-47-54-48(52-37-23-31(75(65,66)67)18-27-20-39(74(63)64)43(45(61)41(27)37)59-57-35-16-5-10-25-8-1-3-14-33(25)35)56-49(55-47)53-38-24-32(76(68,69)70)19-28-21-40(77(71,72)73)44(46(62)42(28)38)60-58-36-17-6-11-26-9-2-4-15-34(26)36/h1-24,61-62H,50H2,(H,63,64)(H,65,66,67)(H,68,69,70)(H,71,72,73)(H3,51,52,53,54,55,56)/b59-57+,60-58+. The quantitative estimate of drug-likeness (QED) is 0.0209. The molecule has 10 aromatic rings. The molecule has 11 N–H and O–H groups in total. The summed E-state index contributed by atoms with van der Waals surface area (Å²) in [7, 11) is -15.5. The molecule has 0 aliphatic heterocycles. The average molecular weight is 1110 g/mol. The van der Waals surface area contributed by atoms with Crippen molar-refractivity contribution in [1.29, 1.82) is 0 Å². The zero-order valence-corrected chi connectivity index (χ0v) is 42.0. The molecule has 0 fully saturated rings. The molecule has 77 heavy (non-hydrogen) atoms. The van der Waals surface area contributed by atoms with Crippen LogP contribution in [-0.2, 0) is 41.4 Å². The molecular formula is C49H35N11O13S4. The first-order chi connectivity index (χ1) is 36.6. The molecule has 0 spiro atoms. The number of fused-ring (bicyclic) bond motifs is 4. The minimum atomic E-state index is -5.27. The lowest BCUT2D eigenvalue weighted by molar-refractivity contribution is 0.472. The number of rotatable bonds is 14. The number of nitrogens with zero attached hydrogens (tertiary/aromatic N) is 7. The number of nitrogens with two attached hydrogens (primary N) is 1. The molecule has 0 saturated heterocycles. The van der Waals surface area contributed by atoms with Crippen molar-refractivity contribution in [3.05, 3.63) is 146 Å². The summed E-state index contributed by atoms with van der Waals surface area (Å²) >= 11 is -2.88. The first kappa shape index (κ1) is 51.4. The van der Waals surface area contributed by atoms with E-state index in [9.17, 15) is 57.9 Å². The maximum atomic E-state index is 12.9. The summed E-state index contributed by atoms with van der Waals surface area (Å²) < 4.78 is 131. The fourth-order valence-corrected chi connectivity index (χ4v) is 10.5. The maximum Gasteiger partial charge on any atom is 0.296 e. The predicted molar refractivity (Wildman–Crippen MR) is 286 cm³/mol. The number of phenolic OH excluding ortho intramolecular Hbond substituents is 2. The van der Waals surface area contributed by atoms with Crippen LogP contribution in [0, 0.1) is 0 Å². The Morgan fingerprint density at radius 1 is 0.481 bits per heavy atom. The minimum Gasteiger partial charge on any atom is -0.505 e. The first-order valence-corrected chi connectivity index (χ1v) is 27.4. The molecule has 10 rings (SSSR count). The van der Waals surface area contributed by atoms with Crippen LogP contribution in [0.2, 0.25) is 0 Å². The topological polar surface area (TPSA) is 391 Å². The van der Waals surface area contributed by atoms with Crippen molar-refractivity contribution >= 4 is 148 Å². The van der Waals surface area contributed by atoms with Crippen LogP contribution in [0.25, 0.3) is 43.1 Å². The Morgan fingerprint density at radius 2 is 0.935 bits per heavy atom. The third kappa shape index (κ3) is 10.6. The second kappa shape index (κ2) is 19.9. The monoisotopic (exact) mass is 1110 g/mol. The van der Waals surface area contributed by atoms with Gasteiger partial charge in [-0.1, -0.05) is 78.9 Å². The third-order valence-corrected chi connectivity index (χ3v) is 14.8. The Hall–Kier alpha value is -9.13. The zero-order valence-electron chi connectivity index (χ0n) is 38.7. The van der Waals surface area contributed by atoms with E-state index >= 15 is 0 Å². The van der Waals surface area contributed by atoms with E-state index in [4.69, 9.17) is 5.73 Å². The Bertz CT molecular complexity index is 4560. The van der Waals surface area contributed by atoms with Gasteiger partial charge in [-0.3, -0.25) is 13.7 Å². The molecular weight excluding hydrogens is 1080 g/mol. The normalized spacial score (nSPS) is 12.8. The van der Waals surface area contributed by atoms with Gasteiger partial charge >= 0.3 is 0 Å². The first-order valence-electron chi connectivity index (χ1n) is 22.0. The highest BCUT2D eigenvalue weighted by molar-refractivity contribution is 7.86. The summed E-state index contributed by atoms with van der Waals surface area (Å²) in [4.78, 5) is 10.0. The lowest BCUT2D eigenvalue weighted by Crippen LogP contribution is -2.09. The largest absolute Gasteiger partial charge is 0.505 e. The summed E-state index contributed by atoms with van der Waals surface area (Å²) in [6, 6.07) is 35.7. The van der Waals surface area contributed by atoms with Crippen LogP contribution in [0.5, 0.6) is 11.5 Å². The second-order valence-electron chi connectivity index (χ2n) is 16.7. The van der Waals surface area contributed by atoms with Crippen LogP contribution in [0.3, 0.4) is 0 Å². The van der Waals surface area contributed by atoms with Gasteiger partial charge in [0.2, 0.25) is 17.8 Å². The van der Waals surface area contributed by atoms with Crippen LogP contribution >= 0.6 is 0 Å².